The number of nitrogens with zero attached hydrogens (tertiary/aromatic N) is 2. The van der Waals surface area contributed by atoms with Gasteiger partial charge in [-0.3, -0.25) is 0 Å². The molecule has 4 aromatic carbocycles. The molecule has 10 heteroatoms. The van der Waals surface area contributed by atoms with Gasteiger partial charge in [-0.25, -0.2) is 9.83 Å². The van der Waals surface area contributed by atoms with Crippen molar-refractivity contribution in [2.45, 2.75) is 31.8 Å². The molecular formula is C37H37N2O6S2+. The van der Waals surface area contributed by atoms with Crippen LogP contribution in [0.4, 0.5) is 5.69 Å². The van der Waals surface area contributed by atoms with E-state index in [1.165, 1.54) is 17.2 Å². The molecule has 0 unspecified atom stereocenters. The van der Waals surface area contributed by atoms with E-state index < -0.39 is 11.0 Å². The number of hydrogen-bond donors (Lipinski definition) is 2. The molecule has 0 atom stereocenters. The topological polar surface area (TPSA) is 88.3 Å². The Kier molecular flexibility index (Phi) is 12.2. The Morgan fingerprint density at radius 3 is 2.09 bits per heavy atom. The van der Waals surface area contributed by atoms with Crippen LogP contribution in [0.3, 0.4) is 0 Å². The van der Waals surface area contributed by atoms with E-state index in [1.807, 2.05) is 60.7 Å². The van der Waals surface area contributed by atoms with Gasteiger partial charge in [-0.1, -0.05) is 77.8 Å². The highest BCUT2D eigenvalue weighted by Gasteiger charge is 2.20. The van der Waals surface area contributed by atoms with E-state index in [0.717, 1.165) is 66.3 Å². The lowest BCUT2D eigenvalue weighted by molar-refractivity contribution is -0.539. The Morgan fingerprint density at radius 2 is 1.49 bits per heavy atom. The smallest absolute Gasteiger partial charge is 0.299 e. The minimum absolute atomic E-state index is 0.120. The number of hydrogen-bond acceptors (Lipinski definition) is 8. The minimum Gasteiger partial charge on any atom is -0.384 e. The summed E-state index contributed by atoms with van der Waals surface area (Å²) >= 11 is 0.721. The fourth-order valence-electron chi connectivity index (χ4n) is 5.51. The number of anilines is 1. The molecule has 242 valence electrons. The largest absolute Gasteiger partial charge is 0.384 e. The molecule has 1 N–H and O–H groups in total. The van der Waals surface area contributed by atoms with Crippen molar-refractivity contribution in [1.29, 1.82) is 0 Å². The van der Waals surface area contributed by atoms with E-state index in [4.69, 9.17) is 9.44 Å². The Hall–Kier alpha value is -4.45. The summed E-state index contributed by atoms with van der Waals surface area (Å²) in [7, 11) is -3.22. The van der Waals surface area contributed by atoms with E-state index in [1.54, 1.807) is 12.1 Å². The molecule has 5 rings (SSSR count). The van der Waals surface area contributed by atoms with E-state index in [0.29, 0.717) is 10.5 Å². The van der Waals surface area contributed by atoms with Crippen molar-refractivity contribution < 1.29 is 31.8 Å². The number of rotatable bonds is 14. The monoisotopic (exact) mass is 669 g/mol. The van der Waals surface area contributed by atoms with Crippen LogP contribution in [0.2, 0.25) is 0 Å². The van der Waals surface area contributed by atoms with Gasteiger partial charge in [0.15, 0.2) is 18.0 Å². The molecule has 0 radical (unpaired) electrons. The first kappa shape index (κ1) is 33.9. The van der Waals surface area contributed by atoms with Crippen LogP contribution in [-0.4, -0.2) is 37.1 Å². The highest BCUT2D eigenvalue weighted by molar-refractivity contribution is 7.94. The van der Waals surface area contributed by atoms with E-state index >= 15 is 0 Å². The van der Waals surface area contributed by atoms with Gasteiger partial charge >= 0.3 is 0 Å². The van der Waals surface area contributed by atoms with E-state index in [2.05, 4.69) is 81.2 Å². The van der Waals surface area contributed by atoms with Gasteiger partial charge in [-0.2, -0.15) is 8.42 Å². The van der Waals surface area contributed by atoms with Gasteiger partial charge in [0.25, 0.3) is 11.0 Å². The fourth-order valence-corrected chi connectivity index (χ4v) is 6.21. The summed E-state index contributed by atoms with van der Waals surface area (Å²) in [6, 6.07) is 34.0. The molecule has 0 saturated carbocycles. The van der Waals surface area contributed by atoms with Crippen LogP contribution in [0.5, 0.6) is 5.75 Å². The van der Waals surface area contributed by atoms with Gasteiger partial charge in [0.05, 0.1) is 12.0 Å². The molecule has 8 nitrogen and oxygen atoms in total. The van der Waals surface area contributed by atoms with Crippen LogP contribution < -0.4 is 9.08 Å². The first-order chi connectivity index (χ1) is 23.0. The molecule has 1 aliphatic carbocycles. The third-order valence-electron chi connectivity index (χ3n) is 7.79. The lowest BCUT2D eigenvalue weighted by Crippen LogP contribution is -2.21. The summed E-state index contributed by atoms with van der Waals surface area (Å²) in [5.41, 5.74) is 7.73. The summed E-state index contributed by atoms with van der Waals surface area (Å²) in [5, 5.41) is 12.4. The Labute approximate surface area is 281 Å². The second kappa shape index (κ2) is 16.9. The molecule has 0 fully saturated rings. The normalized spacial score (nSPS) is 12.4. The highest BCUT2D eigenvalue weighted by Crippen LogP contribution is 2.38. The van der Waals surface area contributed by atoms with Crippen molar-refractivity contribution in [3.63, 3.8) is 0 Å². The lowest BCUT2D eigenvalue weighted by Gasteiger charge is -2.24. The second-order valence-electron chi connectivity index (χ2n) is 10.7. The van der Waals surface area contributed by atoms with E-state index in [9.17, 15) is 8.42 Å². The zero-order valence-corrected chi connectivity index (χ0v) is 27.9. The third-order valence-corrected chi connectivity index (χ3v) is 8.72. The molecule has 0 heterocycles. The van der Waals surface area contributed by atoms with Crippen LogP contribution in [0.15, 0.2) is 138 Å². The van der Waals surface area contributed by atoms with Gasteiger partial charge in [-0.15, -0.1) is 4.33 Å². The molecule has 0 saturated heterocycles. The zero-order chi connectivity index (χ0) is 33.0. The molecule has 0 amide bonds. The SMILES string of the molecule is CCN(Cc1ccccc1)c1ccc(C(=C2C=CC(=[N+](CC)Cc3ccccc3)C=C2)c2ccc(SOOO)cc2O[SH](=O)=O)cc1. The zero-order valence-electron chi connectivity index (χ0n) is 26.2. The molecule has 0 bridgehead atoms. The predicted octanol–water partition coefficient (Wildman–Crippen LogP) is 7.65. The van der Waals surface area contributed by atoms with Crippen molar-refractivity contribution in [2.75, 3.05) is 18.0 Å². The van der Waals surface area contributed by atoms with Crippen molar-refractivity contribution in [3.8, 4) is 5.75 Å². The van der Waals surface area contributed by atoms with Crippen molar-refractivity contribution in [1.82, 2.24) is 0 Å². The Bertz CT molecular complexity index is 1830. The molecule has 0 aromatic heterocycles. The summed E-state index contributed by atoms with van der Waals surface area (Å²) in [6.45, 7) is 7.48. The summed E-state index contributed by atoms with van der Waals surface area (Å²) in [5.74, 6) is 0.120. The standard InChI is InChI=1S/C37H36N2O6S2/c1-3-38(26-28-11-7-5-8-12-28)32-19-15-30(16-20-32)37(35-24-23-34(46-45-44-40)25-36(35)43-47(41)42)31-17-21-33(22-18-31)39(4-2)27-29-13-9-6-10-14-29/h5-25,47H,3-4,26-27H2,1-2H3/p+1. The van der Waals surface area contributed by atoms with Gasteiger partial charge in [0.2, 0.25) is 0 Å². The minimum atomic E-state index is -3.22. The average Bonchev–Trinajstić information content (AvgIpc) is 3.11. The fraction of sp³-hybridized carbons (Fsp3) is 0.162. The Balaban J connectivity index is 1.58. The molecule has 0 spiro atoms. The highest BCUT2D eigenvalue weighted by atomic mass is 32.2. The lowest BCUT2D eigenvalue weighted by atomic mass is 9.90. The molecule has 47 heavy (non-hydrogen) atoms. The maximum absolute atomic E-state index is 11.8. The quantitative estimate of drug-likeness (QED) is 0.0466. The third kappa shape index (κ3) is 9.09. The predicted molar refractivity (Wildman–Crippen MR) is 188 cm³/mol. The van der Waals surface area contributed by atoms with Gasteiger partial charge in [-0.05, 0) is 78.6 Å². The molecular weight excluding hydrogens is 633 g/mol. The first-order valence-corrected chi connectivity index (χ1v) is 17.1. The molecule has 0 aliphatic heterocycles. The maximum atomic E-state index is 11.8. The summed E-state index contributed by atoms with van der Waals surface area (Å²) < 4.78 is 35.9. The molecule has 4 aromatic rings. The summed E-state index contributed by atoms with van der Waals surface area (Å²) in [4.78, 5) is 2.77. The van der Waals surface area contributed by atoms with Crippen LogP contribution in [0.1, 0.15) is 36.1 Å². The summed E-state index contributed by atoms with van der Waals surface area (Å²) in [6.07, 6.45) is 8.26. The van der Waals surface area contributed by atoms with Crippen molar-refractivity contribution in [2.24, 2.45) is 0 Å². The van der Waals surface area contributed by atoms with Crippen molar-refractivity contribution in [3.05, 3.63) is 155 Å². The van der Waals surface area contributed by atoms with E-state index in [-0.39, 0.29) is 5.75 Å². The van der Waals surface area contributed by atoms with Gasteiger partial charge in [0.1, 0.15) is 6.54 Å². The van der Waals surface area contributed by atoms with Crippen LogP contribution in [0.25, 0.3) is 5.57 Å². The van der Waals surface area contributed by atoms with Gasteiger partial charge in [0, 0.05) is 47.0 Å². The number of benzene rings is 4. The van der Waals surface area contributed by atoms with Crippen LogP contribution >= 0.6 is 12.0 Å². The van der Waals surface area contributed by atoms with Gasteiger partial charge < -0.3 is 9.08 Å². The average molecular weight is 670 g/mol. The maximum Gasteiger partial charge on any atom is 0.299 e. The first-order valence-electron chi connectivity index (χ1n) is 15.3. The van der Waals surface area contributed by atoms with Crippen LogP contribution in [0, 0.1) is 0 Å². The molecule has 1 aliphatic rings. The van der Waals surface area contributed by atoms with Crippen molar-refractivity contribution >= 4 is 40.0 Å². The Morgan fingerprint density at radius 1 is 0.830 bits per heavy atom. The number of allylic oxidation sites excluding steroid dienone is 5. The second-order valence-corrected chi connectivity index (χ2v) is 12.1. The van der Waals surface area contributed by atoms with Crippen LogP contribution in [-0.2, 0) is 33.4 Å². The number of thiol groups is 1.